The summed E-state index contributed by atoms with van der Waals surface area (Å²) in [5.41, 5.74) is 3.73. The Hall–Kier alpha value is -3.55. The van der Waals surface area contributed by atoms with Gasteiger partial charge in [-0.15, -0.1) is 0 Å². The number of para-hydroxylation sites is 2. The Balaban J connectivity index is 1.46. The smallest absolute Gasteiger partial charge is 0.258 e. The highest BCUT2D eigenvalue weighted by molar-refractivity contribution is 6.06. The van der Waals surface area contributed by atoms with E-state index in [1.54, 1.807) is 24.3 Å². The summed E-state index contributed by atoms with van der Waals surface area (Å²) in [7, 11) is 0. The van der Waals surface area contributed by atoms with Gasteiger partial charge in [-0.3, -0.25) is 9.69 Å². The average molecular weight is 430 g/mol. The molecule has 4 aromatic rings. The molecule has 1 saturated heterocycles. The summed E-state index contributed by atoms with van der Waals surface area (Å²) in [6.07, 6.45) is 0. The van der Waals surface area contributed by atoms with Gasteiger partial charge in [-0.25, -0.2) is 9.37 Å². The lowest BCUT2D eigenvalue weighted by Crippen LogP contribution is -2.42. The van der Waals surface area contributed by atoms with Crippen LogP contribution in [0.2, 0.25) is 0 Å². The van der Waals surface area contributed by atoms with Gasteiger partial charge in [0.05, 0.1) is 16.8 Å². The first kappa shape index (κ1) is 20.4. The molecule has 162 valence electrons. The van der Waals surface area contributed by atoms with Crippen LogP contribution in [0.15, 0.2) is 71.1 Å². The van der Waals surface area contributed by atoms with Crippen molar-refractivity contribution < 1.29 is 13.6 Å². The number of piperazine rings is 1. The number of rotatable bonds is 5. The number of nitrogens with zero attached hydrogens (tertiary/aromatic N) is 2. The zero-order valence-corrected chi connectivity index (χ0v) is 17.5. The largest absolute Gasteiger partial charge is 0.436 e. The maximum absolute atomic E-state index is 14.0. The van der Waals surface area contributed by atoms with Gasteiger partial charge in [-0.2, -0.15) is 0 Å². The quantitative estimate of drug-likeness (QED) is 0.494. The molecule has 0 atom stereocenters. The molecule has 0 aliphatic carbocycles. The Morgan fingerprint density at radius 3 is 2.66 bits per heavy atom. The first-order valence-corrected chi connectivity index (χ1v) is 10.7. The molecule has 1 aliphatic rings. The van der Waals surface area contributed by atoms with Crippen LogP contribution in [0.5, 0.6) is 0 Å². The van der Waals surface area contributed by atoms with Gasteiger partial charge in [-0.05, 0) is 30.3 Å². The topological polar surface area (TPSA) is 70.4 Å². The number of amides is 1. The van der Waals surface area contributed by atoms with Crippen LogP contribution in [0.4, 0.5) is 10.1 Å². The second-order valence-electron chi connectivity index (χ2n) is 7.79. The molecule has 6 nitrogen and oxygen atoms in total. The number of hydrogen-bond acceptors (Lipinski definition) is 5. The third-order valence-corrected chi connectivity index (χ3v) is 5.62. The SMILES string of the molecule is O=C(Nc1ccccc1-c1nc2cccc(CN3CCNCC3)c2o1)c1ccccc1F. The maximum Gasteiger partial charge on any atom is 0.258 e. The molecule has 5 rings (SSSR count). The summed E-state index contributed by atoms with van der Waals surface area (Å²) in [5.74, 6) is -0.676. The molecule has 3 aromatic carbocycles. The van der Waals surface area contributed by atoms with Crippen molar-refractivity contribution in [3.05, 3.63) is 83.7 Å². The Kier molecular flexibility index (Phi) is 5.66. The Morgan fingerprint density at radius 2 is 1.81 bits per heavy atom. The van der Waals surface area contributed by atoms with E-state index in [-0.39, 0.29) is 5.56 Å². The van der Waals surface area contributed by atoms with Crippen molar-refractivity contribution in [3.63, 3.8) is 0 Å². The van der Waals surface area contributed by atoms with E-state index in [0.717, 1.165) is 49.4 Å². The van der Waals surface area contributed by atoms with Crippen molar-refractivity contribution in [2.24, 2.45) is 0 Å². The third-order valence-electron chi connectivity index (χ3n) is 5.62. The molecule has 2 heterocycles. The number of anilines is 1. The second-order valence-corrected chi connectivity index (χ2v) is 7.79. The Bertz CT molecular complexity index is 1260. The van der Waals surface area contributed by atoms with E-state index in [1.807, 2.05) is 24.3 Å². The van der Waals surface area contributed by atoms with E-state index in [9.17, 15) is 9.18 Å². The molecule has 0 bridgehead atoms. The summed E-state index contributed by atoms with van der Waals surface area (Å²) >= 11 is 0. The minimum atomic E-state index is -0.568. The fourth-order valence-electron chi connectivity index (χ4n) is 3.97. The van der Waals surface area contributed by atoms with Crippen molar-refractivity contribution in [1.29, 1.82) is 0 Å². The van der Waals surface area contributed by atoms with Gasteiger partial charge in [0.2, 0.25) is 5.89 Å². The number of benzene rings is 3. The average Bonchev–Trinajstić information content (AvgIpc) is 3.26. The lowest BCUT2D eigenvalue weighted by Gasteiger charge is -2.27. The fraction of sp³-hybridized carbons (Fsp3) is 0.200. The third kappa shape index (κ3) is 4.12. The van der Waals surface area contributed by atoms with Crippen LogP contribution >= 0.6 is 0 Å². The lowest BCUT2D eigenvalue weighted by molar-refractivity contribution is 0.102. The summed E-state index contributed by atoms with van der Waals surface area (Å²) in [4.78, 5) is 19.7. The molecule has 0 spiro atoms. The highest BCUT2D eigenvalue weighted by atomic mass is 19.1. The molecule has 32 heavy (non-hydrogen) atoms. The fourth-order valence-corrected chi connectivity index (χ4v) is 3.97. The van der Waals surface area contributed by atoms with Crippen LogP contribution in [0.3, 0.4) is 0 Å². The van der Waals surface area contributed by atoms with Gasteiger partial charge in [0.1, 0.15) is 11.3 Å². The van der Waals surface area contributed by atoms with Crippen molar-refractivity contribution in [1.82, 2.24) is 15.2 Å². The zero-order chi connectivity index (χ0) is 21.9. The number of nitrogens with one attached hydrogen (secondary N) is 2. The summed E-state index contributed by atoms with van der Waals surface area (Å²) in [6.45, 7) is 4.73. The molecule has 0 unspecified atom stereocenters. The van der Waals surface area contributed by atoms with Crippen molar-refractivity contribution in [2.45, 2.75) is 6.54 Å². The Morgan fingerprint density at radius 1 is 1.03 bits per heavy atom. The van der Waals surface area contributed by atoms with E-state index in [0.29, 0.717) is 17.1 Å². The molecule has 0 radical (unpaired) electrons. The number of aromatic nitrogens is 1. The molecular weight excluding hydrogens is 407 g/mol. The normalized spacial score (nSPS) is 14.5. The number of halogens is 1. The number of fused-ring (bicyclic) bond motifs is 1. The second kappa shape index (κ2) is 8.90. The van der Waals surface area contributed by atoms with E-state index in [4.69, 9.17) is 4.42 Å². The lowest BCUT2D eigenvalue weighted by atomic mass is 10.1. The molecule has 1 amide bonds. The van der Waals surface area contributed by atoms with E-state index >= 15 is 0 Å². The van der Waals surface area contributed by atoms with Crippen molar-refractivity contribution in [3.8, 4) is 11.5 Å². The zero-order valence-electron chi connectivity index (χ0n) is 17.5. The van der Waals surface area contributed by atoms with Crippen molar-refractivity contribution in [2.75, 3.05) is 31.5 Å². The van der Waals surface area contributed by atoms with Crippen LogP contribution in [-0.2, 0) is 6.54 Å². The van der Waals surface area contributed by atoms with Crippen LogP contribution in [0.1, 0.15) is 15.9 Å². The van der Waals surface area contributed by atoms with Gasteiger partial charge in [0.25, 0.3) is 5.91 Å². The molecular formula is C25H23FN4O2. The minimum Gasteiger partial charge on any atom is -0.436 e. The number of hydrogen-bond donors (Lipinski definition) is 2. The van der Waals surface area contributed by atoms with Gasteiger partial charge in [-0.1, -0.05) is 36.4 Å². The Labute approximate surface area is 185 Å². The predicted molar refractivity (Wildman–Crippen MR) is 122 cm³/mol. The molecule has 1 aliphatic heterocycles. The molecule has 1 fully saturated rings. The number of carbonyl (C=O) groups excluding carboxylic acids is 1. The van der Waals surface area contributed by atoms with Crippen molar-refractivity contribution >= 4 is 22.7 Å². The van der Waals surface area contributed by atoms with Gasteiger partial charge in [0.15, 0.2) is 5.58 Å². The highest BCUT2D eigenvalue weighted by Gasteiger charge is 2.19. The predicted octanol–water partition coefficient (Wildman–Crippen LogP) is 4.29. The first-order chi connectivity index (χ1) is 15.7. The molecule has 2 N–H and O–H groups in total. The van der Waals surface area contributed by atoms with E-state index in [2.05, 4.69) is 26.6 Å². The van der Waals surface area contributed by atoms with Crippen LogP contribution in [-0.4, -0.2) is 42.0 Å². The minimum absolute atomic E-state index is 0.0156. The molecule has 0 saturated carbocycles. The summed E-state index contributed by atoms with van der Waals surface area (Å²) in [6, 6.07) is 19.1. The van der Waals surface area contributed by atoms with E-state index < -0.39 is 11.7 Å². The van der Waals surface area contributed by atoms with Gasteiger partial charge in [0, 0.05) is 38.3 Å². The number of carbonyl (C=O) groups is 1. The van der Waals surface area contributed by atoms with Crippen LogP contribution in [0.25, 0.3) is 22.6 Å². The van der Waals surface area contributed by atoms with Crippen LogP contribution < -0.4 is 10.6 Å². The van der Waals surface area contributed by atoms with Gasteiger partial charge >= 0.3 is 0 Å². The highest BCUT2D eigenvalue weighted by Crippen LogP contribution is 2.32. The van der Waals surface area contributed by atoms with Crippen LogP contribution in [0, 0.1) is 5.82 Å². The molecule has 1 aromatic heterocycles. The number of oxazole rings is 1. The van der Waals surface area contributed by atoms with Gasteiger partial charge < -0.3 is 15.1 Å². The monoisotopic (exact) mass is 430 g/mol. The standard InChI is InChI=1S/C25H23FN4O2/c26-20-9-3-1-7-18(20)24(31)28-21-10-4-2-8-19(21)25-29-22-11-5-6-17(23(22)32-25)16-30-14-12-27-13-15-30/h1-11,27H,12-16H2,(H,28,31). The summed E-state index contributed by atoms with van der Waals surface area (Å²) in [5, 5.41) is 6.16. The molecule has 7 heteroatoms. The first-order valence-electron chi connectivity index (χ1n) is 10.7. The van der Waals surface area contributed by atoms with E-state index in [1.165, 1.54) is 12.1 Å². The maximum atomic E-state index is 14.0. The summed E-state index contributed by atoms with van der Waals surface area (Å²) < 4.78 is 20.2.